The lowest BCUT2D eigenvalue weighted by atomic mass is 9.93. The van der Waals surface area contributed by atoms with E-state index in [1.165, 1.54) is 18.4 Å². The Morgan fingerprint density at radius 1 is 1.07 bits per heavy atom. The summed E-state index contributed by atoms with van der Waals surface area (Å²) < 4.78 is 0. The Morgan fingerprint density at radius 2 is 1.64 bits per heavy atom. The van der Waals surface area contributed by atoms with Gasteiger partial charge in [-0.05, 0) is 42.4 Å². The minimum absolute atomic E-state index is 0.763. The van der Waals surface area contributed by atoms with E-state index in [2.05, 4.69) is 32.9 Å². The number of nitrogens with two attached hydrogens (primary N) is 1. The maximum Gasteiger partial charge on any atom is 0.0314 e. The maximum atomic E-state index is 5.64. The van der Waals surface area contributed by atoms with E-state index in [1.807, 2.05) is 12.1 Å². The molecule has 1 atom stereocenters. The molecule has 0 aliphatic carbocycles. The molecule has 0 aromatic heterocycles. The van der Waals surface area contributed by atoms with Gasteiger partial charge in [0, 0.05) is 5.69 Å². The van der Waals surface area contributed by atoms with Crippen LogP contribution in [0.2, 0.25) is 0 Å². The van der Waals surface area contributed by atoms with Crippen molar-refractivity contribution in [1.82, 2.24) is 0 Å². The first-order valence-electron chi connectivity index (χ1n) is 5.42. The first kappa shape index (κ1) is 11.1. The molecule has 0 aliphatic rings. The lowest BCUT2D eigenvalue weighted by Gasteiger charge is -2.13. The first-order chi connectivity index (χ1) is 6.58. The topological polar surface area (TPSA) is 26.0 Å². The monoisotopic (exact) mass is 191 g/mol. The van der Waals surface area contributed by atoms with Crippen molar-refractivity contribution in [1.29, 1.82) is 0 Å². The van der Waals surface area contributed by atoms with Gasteiger partial charge in [0.2, 0.25) is 0 Å². The molecule has 1 aromatic rings. The molecular weight excluding hydrogens is 170 g/mol. The minimum Gasteiger partial charge on any atom is -0.399 e. The van der Waals surface area contributed by atoms with Gasteiger partial charge in [-0.3, -0.25) is 0 Å². The number of nitrogen functional groups attached to an aromatic ring is 1. The lowest BCUT2D eigenvalue weighted by Crippen LogP contribution is -2.03. The summed E-state index contributed by atoms with van der Waals surface area (Å²) in [4.78, 5) is 0. The van der Waals surface area contributed by atoms with Gasteiger partial charge in [0.1, 0.15) is 0 Å². The van der Waals surface area contributed by atoms with E-state index in [1.54, 1.807) is 0 Å². The van der Waals surface area contributed by atoms with Crippen molar-refractivity contribution in [2.75, 3.05) is 5.73 Å². The fourth-order valence-electron chi connectivity index (χ4n) is 1.94. The average molecular weight is 191 g/mol. The third kappa shape index (κ3) is 3.82. The summed E-state index contributed by atoms with van der Waals surface area (Å²) in [7, 11) is 0. The van der Waals surface area contributed by atoms with Gasteiger partial charge in [-0.1, -0.05) is 32.9 Å². The van der Waals surface area contributed by atoms with Gasteiger partial charge in [0.15, 0.2) is 0 Å². The maximum absolute atomic E-state index is 5.64. The van der Waals surface area contributed by atoms with Crippen LogP contribution in [0.25, 0.3) is 0 Å². The molecule has 0 saturated heterocycles. The number of hydrogen-bond acceptors (Lipinski definition) is 1. The van der Waals surface area contributed by atoms with Gasteiger partial charge in [-0.15, -0.1) is 0 Å². The smallest absolute Gasteiger partial charge is 0.0314 e. The molecule has 0 fully saturated rings. The Morgan fingerprint density at radius 3 is 2.14 bits per heavy atom. The number of anilines is 1. The number of hydrogen-bond donors (Lipinski definition) is 1. The molecule has 0 spiro atoms. The molecule has 1 heteroatoms. The quantitative estimate of drug-likeness (QED) is 0.724. The largest absolute Gasteiger partial charge is 0.399 e. The van der Waals surface area contributed by atoms with E-state index in [-0.39, 0.29) is 0 Å². The summed E-state index contributed by atoms with van der Waals surface area (Å²) in [5.41, 5.74) is 7.89. The summed E-state index contributed by atoms with van der Waals surface area (Å²) in [5, 5.41) is 0. The van der Waals surface area contributed by atoms with Crippen LogP contribution in [-0.4, -0.2) is 0 Å². The molecule has 1 rings (SSSR count). The molecule has 0 radical (unpaired) electrons. The van der Waals surface area contributed by atoms with Crippen molar-refractivity contribution in [3.05, 3.63) is 29.8 Å². The summed E-state index contributed by atoms with van der Waals surface area (Å²) >= 11 is 0. The van der Waals surface area contributed by atoms with Crippen LogP contribution < -0.4 is 5.73 Å². The van der Waals surface area contributed by atoms with E-state index < -0.39 is 0 Å². The standard InChI is InChI=1S/C13H21N/c1-10(2)8-11(3)9-12-4-6-13(14)7-5-12/h4-7,10-11H,8-9,14H2,1-3H3/t11-/m1/s1. The Kier molecular flexibility index (Phi) is 3.99. The molecule has 0 saturated carbocycles. The third-order valence-corrected chi connectivity index (χ3v) is 2.44. The van der Waals surface area contributed by atoms with Crippen LogP contribution in [0, 0.1) is 11.8 Å². The van der Waals surface area contributed by atoms with E-state index in [0.29, 0.717) is 0 Å². The second-order valence-electron chi connectivity index (χ2n) is 4.68. The Labute approximate surface area is 87.3 Å². The molecule has 0 bridgehead atoms. The molecule has 0 unspecified atom stereocenters. The van der Waals surface area contributed by atoms with E-state index in [0.717, 1.165) is 17.5 Å². The van der Waals surface area contributed by atoms with E-state index >= 15 is 0 Å². The van der Waals surface area contributed by atoms with Crippen LogP contribution >= 0.6 is 0 Å². The highest BCUT2D eigenvalue weighted by Crippen LogP contribution is 2.17. The zero-order valence-corrected chi connectivity index (χ0v) is 9.46. The van der Waals surface area contributed by atoms with Crippen LogP contribution in [0.1, 0.15) is 32.8 Å². The van der Waals surface area contributed by atoms with Crippen molar-refractivity contribution in [3.8, 4) is 0 Å². The molecule has 1 aromatic carbocycles. The van der Waals surface area contributed by atoms with Gasteiger partial charge in [-0.2, -0.15) is 0 Å². The SMILES string of the molecule is CC(C)C[C@@H](C)Cc1ccc(N)cc1. The molecule has 0 aliphatic heterocycles. The van der Waals surface area contributed by atoms with E-state index in [4.69, 9.17) is 5.73 Å². The van der Waals surface area contributed by atoms with Gasteiger partial charge in [0.25, 0.3) is 0 Å². The van der Waals surface area contributed by atoms with Crippen molar-refractivity contribution in [3.63, 3.8) is 0 Å². The Bertz CT molecular complexity index is 261. The summed E-state index contributed by atoms with van der Waals surface area (Å²) in [6.45, 7) is 6.87. The lowest BCUT2D eigenvalue weighted by molar-refractivity contribution is 0.437. The van der Waals surface area contributed by atoms with Gasteiger partial charge < -0.3 is 5.73 Å². The highest BCUT2D eigenvalue weighted by Gasteiger charge is 2.05. The second-order valence-corrected chi connectivity index (χ2v) is 4.68. The van der Waals surface area contributed by atoms with Crippen LogP contribution in [0.5, 0.6) is 0 Å². The molecule has 78 valence electrons. The predicted octanol–water partition coefficient (Wildman–Crippen LogP) is 3.49. The highest BCUT2D eigenvalue weighted by atomic mass is 14.5. The fraction of sp³-hybridized carbons (Fsp3) is 0.538. The van der Waals surface area contributed by atoms with Crippen molar-refractivity contribution in [2.45, 2.75) is 33.6 Å². The minimum atomic E-state index is 0.763. The number of rotatable bonds is 4. The second kappa shape index (κ2) is 5.04. The van der Waals surface area contributed by atoms with Crippen LogP contribution in [0.4, 0.5) is 5.69 Å². The molecule has 0 heterocycles. The normalized spacial score (nSPS) is 13.1. The van der Waals surface area contributed by atoms with Crippen molar-refractivity contribution < 1.29 is 0 Å². The summed E-state index contributed by atoms with van der Waals surface area (Å²) in [5.74, 6) is 1.55. The zero-order chi connectivity index (χ0) is 10.6. The Hall–Kier alpha value is -0.980. The van der Waals surface area contributed by atoms with Crippen molar-refractivity contribution in [2.24, 2.45) is 11.8 Å². The average Bonchev–Trinajstić information content (AvgIpc) is 2.07. The first-order valence-corrected chi connectivity index (χ1v) is 5.42. The molecule has 14 heavy (non-hydrogen) atoms. The van der Waals surface area contributed by atoms with E-state index in [9.17, 15) is 0 Å². The van der Waals surface area contributed by atoms with Gasteiger partial charge >= 0.3 is 0 Å². The van der Waals surface area contributed by atoms with Gasteiger partial charge in [-0.25, -0.2) is 0 Å². The molecule has 1 nitrogen and oxygen atoms in total. The predicted molar refractivity (Wildman–Crippen MR) is 63.2 cm³/mol. The highest BCUT2D eigenvalue weighted by molar-refractivity contribution is 5.39. The van der Waals surface area contributed by atoms with Crippen molar-refractivity contribution >= 4 is 5.69 Å². The molecular formula is C13H21N. The summed E-state index contributed by atoms with van der Waals surface area (Å²) in [6, 6.07) is 8.23. The fourth-order valence-corrected chi connectivity index (χ4v) is 1.94. The van der Waals surface area contributed by atoms with Crippen LogP contribution in [0.15, 0.2) is 24.3 Å². The zero-order valence-electron chi connectivity index (χ0n) is 9.46. The van der Waals surface area contributed by atoms with Crippen LogP contribution in [0.3, 0.4) is 0 Å². The molecule has 0 amide bonds. The third-order valence-electron chi connectivity index (χ3n) is 2.44. The Balaban J connectivity index is 2.47. The number of benzene rings is 1. The van der Waals surface area contributed by atoms with Gasteiger partial charge in [0.05, 0.1) is 0 Å². The van der Waals surface area contributed by atoms with Crippen LogP contribution in [-0.2, 0) is 6.42 Å². The molecule has 2 N–H and O–H groups in total. The summed E-state index contributed by atoms with van der Waals surface area (Å²) in [6.07, 6.45) is 2.46.